The molecule has 0 saturated carbocycles. The highest BCUT2D eigenvalue weighted by Gasteiger charge is 2.43. The molecule has 2 aliphatic heterocycles. The first-order valence-corrected chi connectivity index (χ1v) is 7.54. The SMILES string of the molecule is CC(Cl)c1nc2cc(F)ccc2n1C1CC2CCC1O2. The molecule has 2 saturated heterocycles. The molecule has 106 valence electrons. The topological polar surface area (TPSA) is 27.1 Å². The van der Waals surface area contributed by atoms with Crippen molar-refractivity contribution in [3.63, 3.8) is 0 Å². The minimum absolute atomic E-state index is 0.204. The number of halogens is 2. The zero-order valence-corrected chi connectivity index (χ0v) is 12.0. The third kappa shape index (κ3) is 1.78. The van der Waals surface area contributed by atoms with E-state index in [0.29, 0.717) is 11.6 Å². The molecular formula is C15H16ClFN2O. The summed E-state index contributed by atoms with van der Waals surface area (Å²) in [5.74, 6) is 0.550. The molecule has 2 aromatic rings. The van der Waals surface area contributed by atoms with Crippen LogP contribution in [0.25, 0.3) is 11.0 Å². The summed E-state index contributed by atoms with van der Waals surface area (Å²) in [5, 5.41) is -0.204. The molecule has 3 heterocycles. The Morgan fingerprint density at radius 1 is 1.45 bits per heavy atom. The molecule has 0 radical (unpaired) electrons. The van der Waals surface area contributed by atoms with Gasteiger partial charge in [-0.25, -0.2) is 9.37 Å². The quantitative estimate of drug-likeness (QED) is 0.784. The Morgan fingerprint density at radius 3 is 2.95 bits per heavy atom. The van der Waals surface area contributed by atoms with Gasteiger partial charge in [0, 0.05) is 6.07 Å². The van der Waals surface area contributed by atoms with Gasteiger partial charge in [0.2, 0.25) is 0 Å². The highest BCUT2D eigenvalue weighted by molar-refractivity contribution is 6.20. The Labute approximate surface area is 121 Å². The molecule has 2 bridgehead atoms. The second-order valence-electron chi connectivity index (χ2n) is 5.77. The van der Waals surface area contributed by atoms with Crippen molar-refractivity contribution < 1.29 is 9.13 Å². The summed E-state index contributed by atoms with van der Waals surface area (Å²) in [4.78, 5) is 4.54. The van der Waals surface area contributed by atoms with Crippen molar-refractivity contribution in [3.05, 3.63) is 29.8 Å². The first-order valence-electron chi connectivity index (χ1n) is 7.10. The number of rotatable bonds is 2. The van der Waals surface area contributed by atoms with Crippen LogP contribution in [-0.2, 0) is 4.74 Å². The molecule has 0 spiro atoms. The van der Waals surface area contributed by atoms with Crippen LogP contribution >= 0.6 is 11.6 Å². The van der Waals surface area contributed by atoms with Crippen molar-refractivity contribution in [1.29, 1.82) is 0 Å². The van der Waals surface area contributed by atoms with Crippen molar-refractivity contribution in [3.8, 4) is 0 Å². The molecule has 20 heavy (non-hydrogen) atoms. The van der Waals surface area contributed by atoms with Crippen LogP contribution in [0, 0.1) is 5.82 Å². The first kappa shape index (κ1) is 12.6. The molecule has 5 heteroatoms. The van der Waals surface area contributed by atoms with Gasteiger partial charge in [-0.3, -0.25) is 0 Å². The van der Waals surface area contributed by atoms with E-state index < -0.39 is 0 Å². The van der Waals surface area contributed by atoms with Crippen LogP contribution in [0.5, 0.6) is 0 Å². The summed E-state index contributed by atoms with van der Waals surface area (Å²) < 4.78 is 21.5. The number of fused-ring (bicyclic) bond motifs is 3. The standard InChI is InChI=1S/C15H16ClFN2O/c1-8(16)15-18-11-6-9(17)2-4-12(11)19(15)13-7-10-3-5-14(13)20-10/h2,4,6,8,10,13-14H,3,5,7H2,1H3. The van der Waals surface area contributed by atoms with E-state index in [1.807, 2.05) is 6.92 Å². The van der Waals surface area contributed by atoms with Gasteiger partial charge in [0.1, 0.15) is 11.6 Å². The third-order valence-electron chi connectivity index (χ3n) is 4.44. The lowest BCUT2D eigenvalue weighted by Crippen LogP contribution is -2.22. The van der Waals surface area contributed by atoms with Gasteiger partial charge < -0.3 is 9.30 Å². The summed E-state index contributed by atoms with van der Waals surface area (Å²) in [5.41, 5.74) is 1.63. The van der Waals surface area contributed by atoms with Crippen LogP contribution in [-0.4, -0.2) is 21.8 Å². The molecule has 3 nitrogen and oxygen atoms in total. The molecule has 1 aromatic carbocycles. The van der Waals surface area contributed by atoms with Crippen molar-refractivity contribution in [2.45, 2.75) is 49.8 Å². The summed E-state index contributed by atoms with van der Waals surface area (Å²) in [6, 6.07) is 5.03. The smallest absolute Gasteiger partial charge is 0.128 e. The number of hydrogen-bond donors (Lipinski definition) is 0. The summed E-state index contributed by atoms with van der Waals surface area (Å²) >= 11 is 6.28. The lowest BCUT2D eigenvalue weighted by molar-refractivity contribution is 0.0939. The highest BCUT2D eigenvalue weighted by Crippen LogP contribution is 2.44. The van der Waals surface area contributed by atoms with E-state index in [9.17, 15) is 4.39 Å². The van der Waals surface area contributed by atoms with Gasteiger partial charge in [-0.1, -0.05) is 0 Å². The number of imidazole rings is 1. The zero-order valence-electron chi connectivity index (χ0n) is 11.2. The van der Waals surface area contributed by atoms with Crippen LogP contribution in [0.2, 0.25) is 0 Å². The largest absolute Gasteiger partial charge is 0.373 e. The van der Waals surface area contributed by atoms with E-state index >= 15 is 0 Å². The van der Waals surface area contributed by atoms with Gasteiger partial charge in [0.05, 0.1) is 34.7 Å². The maximum absolute atomic E-state index is 13.4. The average molecular weight is 295 g/mol. The number of hydrogen-bond acceptors (Lipinski definition) is 2. The second-order valence-corrected chi connectivity index (χ2v) is 6.42. The fourth-order valence-electron chi connectivity index (χ4n) is 3.60. The monoisotopic (exact) mass is 294 g/mol. The molecule has 0 amide bonds. The number of alkyl halides is 1. The first-order chi connectivity index (χ1) is 9.63. The molecule has 2 fully saturated rings. The molecule has 0 N–H and O–H groups in total. The van der Waals surface area contributed by atoms with Crippen LogP contribution < -0.4 is 0 Å². The van der Waals surface area contributed by atoms with E-state index in [2.05, 4.69) is 9.55 Å². The fraction of sp³-hybridized carbons (Fsp3) is 0.533. The maximum atomic E-state index is 13.4. The summed E-state index contributed by atoms with van der Waals surface area (Å²) in [6.07, 6.45) is 3.85. The van der Waals surface area contributed by atoms with Gasteiger partial charge in [0.15, 0.2) is 0 Å². The Kier molecular flexibility index (Phi) is 2.79. The van der Waals surface area contributed by atoms with Crippen LogP contribution in [0.4, 0.5) is 4.39 Å². The summed E-state index contributed by atoms with van der Waals surface area (Å²) in [7, 11) is 0. The number of aromatic nitrogens is 2. The van der Waals surface area contributed by atoms with E-state index in [1.165, 1.54) is 12.1 Å². The van der Waals surface area contributed by atoms with E-state index in [1.54, 1.807) is 6.07 Å². The zero-order chi connectivity index (χ0) is 13.9. The number of benzene rings is 1. The van der Waals surface area contributed by atoms with E-state index in [-0.39, 0.29) is 23.3 Å². The predicted octanol–water partition coefficient (Wildman–Crippen LogP) is 3.97. The lowest BCUT2D eigenvalue weighted by atomic mass is 9.95. The van der Waals surface area contributed by atoms with Crippen molar-refractivity contribution >= 4 is 22.6 Å². The Balaban J connectivity index is 1.90. The minimum atomic E-state index is -0.264. The van der Waals surface area contributed by atoms with Gasteiger partial charge in [-0.15, -0.1) is 11.6 Å². The second kappa shape index (κ2) is 4.43. The molecule has 4 unspecified atom stereocenters. The minimum Gasteiger partial charge on any atom is -0.373 e. The van der Waals surface area contributed by atoms with Gasteiger partial charge in [-0.05, 0) is 38.3 Å². The molecule has 2 aliphatic rings. The molecule has 4 rings (SSSR count). The maximum Gasteiger partial charge on any atom is 0.128 e. The third-order valence-corrected chi connectivity index (χ3v) is 4.64. The predicted molar refractivity (Wildman–Crippen MR) is 75.5 cm³/mol. The molecular weight excluding hydrogens is 279 g/mol. The number of ether oxygens (including phenoxy) is 1. The molecule has 0 aliphatic carbocycles. The Morgan fingerprint density at radius 2 is 2.30 bits per heavy atom. The van der Waals surface area contributed by atoms with Gasteiger partial charge in [0.25, 0.3) is 0 Å². The molecule has 4 atom stereocenters. The van der Waals surface area contributed by atoms with Crippen LogP contribution in [0.3, 0.4) is 0 Å². The Bertz CT molecular complexity index is 669. The number of nitrogens with zero attached hydrogens (tertiary/aromatic N) is 2. The summed E-state index contributed by atoms with van der Waals surface area (Å²) in [6.45, 7) is 1.91. The fourth-order valence-corrected chi connectivity index (χ4v) is 3.76. The normalized spacial score (nSPS) is 30.2. The van der Waals surface area contributed by atoms with Crippen molar-refractivity contribution in [1.82, 2.24) is 9.55 Å². The van der Waals surface area contributed by atoms with E-state index in [4.69, 9.17) is 16.3 Å². The van der Waals surface area contributed by atoms with E-state index in [0.717, 1.165) is 30.6 Å². The lowest BCUT2D eigenvalue weighted by Gasteiger charge is -2.23. The van der Waals surface area contributed by atoms with Crippen molar-refractivity contribution in [2.24, 2.45) is 0 Å². The highest BCUT2D eigenvalue weighted by atomic mass is 35.5. The van der Waals surface area contributed by atoms with Gasteiger partial charge >= 0.3 is 0 Å². The average Bonchev–Trinajstić information content (AvgIpc) is 3.09. The van der Waals surface area contributed by atoms with Crippen LogP contribution in [0.15, 0.2) is 18.2 Å². The Hall–Kier alpha value is -1.13. The van der Waals surface area contributed by atoms with Gasteiger partial charge in [-0.2, -0.15) is 0 Å². The van der Waals surface area contributed by atoms with Crippen molar-refractivity contribution in [2.75, 3.05) is 0 Å². The van der Waals surface area contributed by atoms with Crippen LogP contribution in [0.1, 0.15) is 43.4 Å². The molecule has 1 aromatic heterocycles.